The maximum atomic E-state index is 2.24. The second-order valence-electron chi connectivity index (χ2n) is 5.45. The molecule has 1 atom stereocenters. The summed E-state index contributed by atoms with van der Waals surface area (Å²) in [6.07, 6.45) is 0. The standard InChI is InChI=1S/C20H20NP/c1-21(2)19-14-8-6-12-17(19)18-13-7-9-15-20(18)22-16-10-4-3-5-11-16/h3-15,22H,1-2H3. The quantitative estimate of drug-likeness (QED) is 0.657. The van der Waals surface area contributed by atoms with E-state index in [0.29, 0.717) is 8.58 Å². The molecule has 0 heterocycles. The molecule has 22 heavy (non-hydrogen) atoms. The summed E-state index contributed by atoms with van der Waals surface area (Å²) in [6, 6.07) is 28.0. The first-order valence-corrected chi connectivity index (χ1v) is 8.43. The van der Waals surface area contributed by atoms with Crippen LogP contribution < -0.4 is 15.5 Å². The van der Waals surface area contributed by atoms with Crippen molar-refractivity contribution in [2.24, 2.45) is 0 Å². The van der Waals surface area contributed by atoms with Gasteiger partial charge in [0.1, 0.15) is 0 Å². The molecule has 0 saturated carbocycles. The summed E-state index contributed by atoms with van der Waals surface area (Å²) < 4.78 is 0. The average molecular weight is 305 g/mol. The second-order valence-corrected chi connectivity index (χ2v) is 6.81. The fraction of sp³-hybridized carbons (Fsp3) is 0.100. The highest BCUT2D eigenvalue weighted by molar-refractivity contribution is 7.55. The van der Waals surface area contributed by atoms with Gasteiger partial charge in [0.25, 0.3) is 0 Å². The highest BCUT2D eigenvalue weighted by Crippen LogP contribution is 2.31. The molecule has 0 aliphatic rings. The van der Waals surface area contributed by atoms with Gasteiger partial charge in [-0.05, 0) is 22.2 Å². The molecule has 0 fully saturated rings. The van der Waals surface area contributed by atoms with Crippen molar-refractivity contribution in [3.8, 4) is 11.1 Å². The van der Waals surface area contributed by atoms with Gasteiger partial charge in [-0.15, -0.1) is 0 Å². The molecule has 110 valence electrons. The van der Waals surface area contributed by atoms with Gasteiger partial charge in [0, 0.05) is 25.3 Å². The summed E-state index contributed by atoms with van der Waals surface area (Å²) in [6.45, 7) is 0. The third-order valence-corrected chi connectivity index (χ3v) is 4.98. The Morgan fingerprint density at radius 1 is 0.636 bits per heavy atom. The lowest BCUT2D eigenvalue weighted by Crippen LogP contribution is -2.12. The Bertz CT molecular complexity index is 750. The maximum absolute atomic E-state index is 2.24. The molecule has 0 spiro atoms. The summed E-state index contributed by atoms with van der Waals surface area (Å²) in [5.74, 6) is 0. The first-order valence-electron chi connectivity index (χ1n) is 7.43. The number of benzene rings is 3. The van der Waals surface area contributed by atoms with E-state index in [-0.39, 0.29) is 0 Å². The van der Waals surface area contributed by atoms with Crippen molar-refractivity contribution in [1.82, 2.24) is 0 Å². The van der Waals surface area contributed by atoms with E-state index in [2.05, 4.69) is 97.9 Å². The molecule has 1 nitrogen and oxygen atoms in total. The predicted molar refractivity (Wildman–Crippen MR) is 100 cm³/mol. The van der Waals surface area contributed by atoms with Gasteiger partial charge in [-0.1, -0.05) is 81.4 Å². The first kappa shape index (κ1) is 14.8. The van der Waals surface area contributed by atoms with E-state index in [9.17, 15) is 0 Å². The fourth-order valence-corrected chi connectivity index (χ4v) is 3.80. The van der Waals surface area contributed by atoms with Crippen molar-refractivity contribution in [2.45, 2.75) is 0 Å². The molecular weight excluding hydrogens is 285 g/mol. The molecule has 0 bridgehead atoms. The number of rotatable bonds is 4. The van der Waals surface area contributed by atoms with E-state index in [0.717, 1.165) is 0 Å². The normalized spacial score (nSPS) is 11.0. The van der Waals surface area contributed by atoms with Crippen LogP contribution in [0.4, 0.5) is 5.69 Å². The molecule has 1 unspecified atom stereocenters. The van der Waals surface area contributed by atoms with Gasteiger partial charge in [0.2, 0.25) is 0 Å². The van der Waals surface area contributed by atoms with Crippen LogP contribution in [0.3, 0.4) is 0 Å². The van der Waals surface area contributed by atoms with Gasteiger partial charge in [-0.25, -0.2) is 0 Å². The molecule has 0 radical (unpaired) electrons. The van der Waals surface area contributed by atoms with Crippen molar-refractivity contribution in [1.29, 1.82) is 0 Å². The Labute approximate surface area is 134 Å². The molecule has 0 amide bonds. The summed E-state index contributed by atoms with van der Waals surface area (Å²) >= 11 is 0. The zero-order valence-electron chi connectivity index (χ0n) is 13.0. The average Bonchev–Trinajstić information content (AvgIpc) is 2.56. The van der Waals surface area contributed by atoms with Crippen LogP contribution in [-0.2, 0) is 0 Å². The number of hydrogen-bond donors (Lipinski definition) is 0. The van der Waals surface area contributed by atoms with E-state index in [1.54, 1.807) is 0 Å². The molecule has 2 heteroatoms. The Morgan fingerprint density at radius 3 is 1.95 bits per heavy atom. The predicted octanol–water partition coefficient (Wildman–Crippen LogP) is 4.05. The molecule has 0 aliphatic heterocycles. The van der Waals surface area contributed by atoms with E-state index in [4.69, 9.17) is 0 Å². The second kappa shape index (κ2) is 6.77. The number of hydrogen-bond acceptors (Lipinski definition) is 1. The molecular formula is C20H20NP. The Morgan fingerprint density at radius 2 is 1.23 bits per heavy atom. The number of nitrogens with zero attached hydrogens (tertiary/aromatic N) is 1. The Hall–Kier alpha value is -2.11. The van der Waals surface area contributed by atoms with E-state index < -0.39 is 0 Å². The van der Waals surface area contributed by atoms with Gasteiger partial charge in [0.15, 0.2) is 0 Å². The Balaban J connectivity index is 2.06. The van der Waals surface area contributed by atoms with Gasteiger partial charge in [-0.3, -0.25) is 0 Å². The largest absolute Gasteiger partial charge is 0.377 e. The lowest BCUT2D eigenvalue weighted by atomic mass is 10.0. The van der Waals surface area contributed by atoms with Crippen LogP contribution in [0.1, 0.15) is 0 Å². The van der Waals surface area contributed by atoms with Crippen molar-refractivity contribution in [3.05, 3.63) is 78.9 Å². The molecule has 3 aromatic rings. The molecule has 0 saturated heterocycles. The van der Waals surface area contributed by atoms with Crippen LogP contribution in [0.15, 0.2) is 78.9 Å². The lowest BCUT2D eigenvalue weighted by molar-refractivity contribution is 1.13. The van der Waals surface area contributed by atoms with E-state index in [1.165, 1.54) is 27.4 Å². The van der Waals surface area contributed by atoms with Crippen molar-refractivity contribution >= 4 is 24.9 Å². The minimum absolute atomic E-state index is 0.673. The van der Waals surface area contributed by atoms with Crippen LogP contribution in [-0.4, -0.2) is 14.1 Å². The van der Waals surface area contributed by atoms with E-state index >= 15 is 0 Å². The number of para-hydroxylation sites is 1. The van der Waals surface area contributed by atoms with Gasteiger partial charge in [0.05, 0.1) is 0 Å². The number of anilines is 1. The van der Waals surface area contributed by atoms with Crippen molar-refractivity contribution in [2.75, 3.05) is 19.0 Å². The summed E-state index contributed by atoms with van der Waals surface area (Å²) in [4.78, 5) is 2.18. The van der Waals surface area contributed by atoms with Gasteiger partial charge < -0.3 is 4.90 Å². The highest BCUT2D eigenvalue weighted by Gasteiger charge is 2.10. The maximum Gasteiger partial charge on any atom is 0.0440 e. The zero-order valence-corrected chi connectivity index (χ0v) is 14.0. The van der Waals surface area contributed by atoms with Crippen LogP contribution in [0.5, 0.6) is 0 Å². The zero-order chi connectivity index (χ0) is 15.4. The minimum Gasteiger partial charge on any atom is -0.377 e. The first-order chi connectivity index (χ1) is 10.8. The molecule has 0 N–H and O–H groups in total. The van der Waals surface area contributed by atoms with Crippen LogP contribution >= 0.6 is 8.58 Å². The third-order valence-electron chi connectivity index (χ3n) is 3.66. The van der Waals surface area contributed by atoms with Crippen molar-refractivity contribution < 1.29 is 0 Å². The summed E-state index contributed by atoms with van der Waals surface area (Å²) in [7, 11) is 4.87. The third kappa shape index (κ3) is 3.21. The van der Waals surface area contributed by atoms with Crippen LogP contribution in [0, 0.1) is 0 Å². The van der Waals surface area contributed by atoms with Crippen LogP contribution in [0.25, 0.3) is 11.1 Å². The van der Waals surface area contributed by atoms with Crippen molar-refractivity contribution in [3.63, 3.8) is 0 Å². The fourth-order valence-electron chi connectivity index (χ4n) is 2.60. The summed E-state index contributed by atoms with van der Waals surface area (Å²) in [5, 5.41) is 2.76. The molecule has 3 aromatic carbocycles. The Kier molecular flexibility index (Phi) is 4.56. The molecule has 0 aromatic heterocycles. The SMILES string of the molecule is CN(C)c1ccccc1-c1ccccc1Pc1ccccc1. The summed E-state index contributed by atoms with van der Waals surface area (Å²) in [5.41, 5.74) is 3.88. The minimum atomic E-state index is 0.673. The molecule has 3 rings (SSSR count). The molecule has 0 aliphatic carbocycles. The topological polar surface area (TPSA) is 3.24 Å². The monoisotopic (exact) mass is 305 g/mol. The lowest BCUT2D eigenvalue weighted by Gasteiger charge is -2.19. The highest BCUT2D eigenvalue weighted by atomic mass is 31.1. The van der Waals surface area contributed by atoms with Gasteiger partial charge >= 0.3 is 0 Å². The van der Waals surface area contributed by atoms with E-state index in [1.807, 2.05) is 0 Å². The van der Waals surface area contributed by atoms with Gasteiger partial charge in [-0.2, -0.15) is 0 Å². The smallest absolute Gasteiger partial charge is 0.0440 e. The van der Waals surface area contributed by atoms with Crippen LogP contribution in [0.2, 0.25) is 0 Å².